The molecule has 1 heterocycles. The summed E-state index contributed by atoms with van der Waals surface area (Å²) in [5.41, 5.74) is 4.25. The van der Waals surface area contributed by atoms with Gasteiger partial charge in [-0.2, -0.15) is 5.10 Å². The smallest absolute Gasteiger partial charge is 0.304 e. The number of benzene rings is 3. The zero-order chi connectivity index (χ0) is 21.6. The lowest BCUT2D eigenvalue weighted by Gasteiger charge is -2.12. The minimum Gasteiger partial charge on any atom is -0.489 e. The zero-order valence-electron chi connectivity index (χ0n) is 17.1. The Hall–Kier alpha value is -3.86. The lowest BCUT2D eigenvalue weighted by Crippen LogP contribution is -2.04. The number of fused-ring (bicyclic) bond motifs is 1. The highest BCUT2D eigenvalue weighted by atomic mass is 16.5. The molecule has 0 spiro atoms. The lowest BCUT2D eigenvalue weighted by molar-refractivity contribution is -0.137. The highest BCUT2D eigenvalue weighted by Gasteiger charge is 2.12. The van der Waals surface area contributed by atoms with Crippen molar-refractivity contribution in [2.45, 2.75) is 25.5 Å². The summed E-state index contributed by atoms with van der Waals surface area (Å²) in [7, 11) is 0. The molecule has 4 rings (SSSR count). The molecule has 5 heteroatoms. The first-order valence-electron chi connectivity index (χ1n) is 10.2. The van der Waals surface area contributed by atoms with Crippen molar-refractivity contribution in [2.24, 2.45) is 0 Å². The van der Waals surface area contributed by atoms with Crippen LogP contribution in [-0.2, 0) is 17.9 Å². The number of allylic oxidation sites excluding steroid dienone is 1. The van der Waals surface area contributed by atoms with Crippen molar-refractivity contribution in [1.29, 1.82) is 0 Å². The molecule has 0 amide bonds. The molecule has 0 saturated carbocycles. The molecule has 1 N–H and O–H groups in total. The van der Waals surface area contributed by atoms with E-state index in [4.69, 9.17) is 9.84 Å². The first-order valence-corrected chi connectivity index (χ1v) is 10.2. The van der Waals surface area contributed by atoms with Crippen molar-refractivity contribution in [1.82, 2.24) is 9.78 Å². The molecular formula is C26H24N2O3. The molecule has 4 aromatic rings. The van der Waals surface area contributed by atoms with Gasteiger partial charge in [-0.25, -0.2) is 0 Å². The molecule has 31 heavy (non-hydrogen) atoms. The van der Waals surface area contributed by atoms with E-state index in [-0.39, 0.29) is 12.3 Å². The minimum atomic E-state index is -0.842. The molecule has 0 saturated heterocycles. The number of nitrogens with zero attached hydrogens (tertiary/aromatic N) is 2. The van der Waals surface area contributed by atoms with Crippen LogP contribution in [0.2, 0.25) is 0 Å². The van der Waals surface area contributed by atoms with Crippen LogP contribution < -0.4 is 4.74 Å². The van der Waals surface area contributed by atoms with E-state index < -0.39 is 5.97 Å². The lowest BCUT2D eigenvalue weighted by atomic mass is 9.96. The van der Waals surface area contributed by atoms with E-state index in [9.17, 15) is 4.79 Å². The second-order valence-electron chi connectivity index (χ2n) is 7.44. The maximum atomic E-state index is 11.0. The van der Waals surface area contributed by atoms with E-state index in [2.05, 4.69) is 29.9 Å². The van der Waals surface area contributed by atoms with Crippen LogP contribution in [0.5, 0.6) is 5.75 Å². The number of hydrogen-bond acceptors (Lipinski definition) is 3. The quantitative estimate of drug-likeness (QED) is 0.374. The van der Waals surface area contributed by atoms with Crippen LogP contribution in [0, 0.1) is 0 Å². The average molecular weight is 412 g/mol. The van der Waals surface area contributed by atoms with E-state index in [0.29, 0.717) is 6.61 Å². The van der Waals surface area contributed by atoms with Crippen molar-refractivity contribution < 1.29 is 14.6 Å². The summed E-state index contributed by atoms with van der Waals surface area (Å²) < 4.78 is 8.00. The third kappa shape index (κ3) is 4.83. The van der Waals surface area contributed by atoms with E-state index in [0.717, 1.165) is 34.3 Å². The standard InChI is InChI=1S/C26H24N2O3/c1-2-20(15-26(29)30)21-11-13-23(14-12-21)31-18-22-9-6-10-25-24(22)16-27-28(25)17-19-7-4-3-5-8-19/h2-14,16,20H,1,15,17-18H2,(H,29,30)/t20-/m0/s1. The SMILES string of the molecule is C=C[C@@H](CC(=O)O)c1ccc(OCc2cccc3c2cnn3Cc2ccccc2)cc1. The number of carboxylic acids is 1. The summed E-state index contributed by atoms with van der Waals surface area (Å²) in [5.74, 6) is -0.322. The molecule has 0 fully saturated rings. The maximum Gasteiger partial charge on any atom is 0.304 e. The van der Waals surface area contributed by atoms with Crippen LogP contribution in [0.4, 0.5) is 0 Å². The molecule has 0 aliphatic rings. The van der Waals surface area contributed by atoms with Gasteiger partial charge in [0.25, 0.3) is 0 Å². The highest BCUT2D eigenvalue weighted by molar-refractivity contribution is 5.82. The minimum absolute atomic E-state index is 0.0265. The van der Waals surface area contributed by atoms with Gasteiger partial charge < -0.3 is 9.84 Å². The van der Waals surface area contributed by atoms with Crippen LogP contribution in [0.3, 0.4) is 0 Å². The molecule has 0 bridgehead atoms. The summed E-state index contributed by atoms with van der Waals surface area (Å²) in [6.07, 6.45) is 3.58. The number of rotatable bonds is 9. The summed E-state index contributed by atoms with van der Waals surface area (Å²) in [5, 5.41) is 14.7. The summed E-state index contributed by atoms with van der Waals surface area (Å²) in [6.45, 7) is 4.89. The zero-order valence-corrected chi connectivity index (χ0v) is 17.1. The average Bonchev–Trinajstić information content (AvgIpc) is 3.20. The fraction of sp³-hybridized carbons (Fsp3) is 0.154. The molecule has 0 unspecified atom stereocenters. The van der Waals surface area contributed by atoms with E-state index >= 15 is 0 Å². The normalized spacial score (nSPS) is 11.9. The third-order valence-corrected chi connectivity index (χ3v) is 5.33. The van der Waals surface area contributed by atoms with Gasteiger partial charge in [-0.05, 0) is 29.3 Å². The Kier molecular flexibility index (Phi) is 6.13. The van der Waals surface area contributed by atoms with E-state index in [1.165, 1.54) is 5.56 Å². The van der Waals surface area contributed by atoms with Crippen LogP contribution >= 0.6 is 0 Å². The predicted molar refractivity (Wildman–Crippen MR) is 121 cm³/mol. The van der Waals surface area contributed by atoms with Crippen molar-refractivity contribution in [2.75, 3.05) is 0 Å². The number of aromatic nitrogens is 2. The second-order valence-corrected chi connectivity index (χ2v) is 7.44. The molecule has 0 aliphatic carbocycles. The van der Waals surface area contributed by atoms with Gasteiger partial charge in [-0.15, -0.1) is 6.58 Å². The van der Waals surface area contributed by atoms with E-state index in [1.807, 2.05) is 65.5 Å². The van der Waals surface area contributed by atoms with Crippen molar-refractivity contribution in [3.05, 3.63) is 108 Å². The first-order chi connectivity index (χ1) is 15.1. The van der Waals surface area contributed by atoms with Crippen LogP contribution in [0.1, 0.15) is 29.0 Å². The molecule has 3 aromatic carbocycles. The van der Waals surface area contributed by atoms with Gasteiger partial charge in [0.05, 0.1) is 24.7 Å². The summed E-state index contributed by atoms with van der Waals surface area (Å²) in [4.78, 5) is 11.0. The predicted octanol–water partition coefficient (Wildman–Crippen LogP) is 5.41. The molecule has 5 nitrogen and oxygen atoms in total. The Morgan fingerprint density at radius 3 is 2.55 bits per heavy atom. The molecule has 1 atom stereocenters. The summed E-state index contributed by atoms with van der Waals surface area (Å²) >= 11 is 0. The maximum absolute atomic E-state index is 11.0. The van der Waals surface area contributed by atoms with Crippen molar-refractivity contribution in [3.63, 3.8) is 0 Å². The van der Waals surface area contributed by atoms with E-state index in [1.54, 1.807) is 6.08 Å². The van der Waals surface area contributed by atoms with Gasteiger partial charge in [0, 0.05) is 16.9 Å². The number of hydrogen-bond donors (Lipinski definition) is 1. The van der Waals surface area contributed by atoms with Gasteiger partial charge in [-0.1, -0.05) is 60.7 Å². The number of carbonyl (C=O) groups is 1. The molecule has 1 aromatic heterocycles. The number of ether oxygens (including phenoxy) is 1. The molecule has 0 aliphatic heterocycles. The van der Waals surface area contributed by atoms with Crippen LogP contribution in [0.25, 0.3) is 10.9 Å². The Bertz CT molecular complexity index is 1180. The molecular weight excluding hydrogens is 388 g/mol. The molecule has 0 radical (unpaired) electrons. The fourth-order valence-electron chi connectivity index (χ4n) is 3.67. The monoisotopic (exact) mass is 412 g/mol. The van der Waals surface area contributed by atoms with Crippen LogP contribution in [0.15, 0.2) is 91.6 Å². The Balaban J connectivity index is 1.47. The number of carboxylic acid groups (broad SMARTS) is 1. The number of aliphatic carboxylic acids is 1. The Morgan fingerprint density at radius 2 is 1.84 bits per heavy atom. The van der Waals surface area contributed by atoms with Gasteiger partial charge in [0.15, 0.2) is 0 Å². The van der Waals surface area contributed by atoms with Crippen LogP contribution in [-0.4, -0.2) is 20.9 Å². The van der Waals surface area contributed by atoms with Crippen molar-refractivity contribution in [3.8, 4) is 5.75 Å². The second kappa shape index (κ2) is 9.30. The summed E-state index contributed by atoms with van der Waals surface area (Å²) in [6, 6.07) is 23.9. The Morgan fingerprint density at radius 1 is 1.06 bits per heavy atom. The largest absolute Gasteiger partial charge is 0.489 e. The van der Waals surface area contributed by atoms with Gasteiger partial charge in [-0.3, -0.25) is 9.48 Å². The first kappa shape index (κ1) is 20.4. The van der Waals surface area contributed by atoms with Gasteiger partial charge in [0.1, 0.15) is 12.4 Å². The third-order valence-electron chi connectivity index (χ3n) is 5.33. The molecule has 156 valence electrons. The highest BCUT2D eigenvalue weighted by Crippen LogP contribution is 2.25. The van der Waals surface area contributed by atoms with Gasteiger partial charge >= 0.3 is 5.97 Å². The Labute approximate surface area is 181 Å². The van der Waals surface area contributed by atoms with Crippen molar-refractivity contribution >= 4 is 16.9 Å². The fourth-order valence-corrected chi connectivity index (χ4v) is 3.67. The van der Waals surface area contributed by atoms with Gasteiger partial charge in [0.2, 0.25) is 0 Å². The topological polar surface area (TPSA) is 64.3 Å².